The monoisotopic (exact) mass is 195 g/mol. The minimum Gasteiger partial charge on any atom is -0.229 e. The Labute approximate surface area is 69.2 Å². The molecule has 0 aromatic heterocycles. The molecule has 0 saturated carbocycles. The molecule has 1 saturated heterocycles. The molecule has 1 rings (SSSR count). The number of carbonyl (C=O) groups excluding carboxylic acids is 1. The Morgan fingerprint density at radius 2 is 2.09 bits per heavy atom. The molecule has 0 aromatic rings. The summed E-state index contributed by atoms with van der Waals surface area (Å²) in [5.74, 6) is -0.221. The number of hydrogen-bond donors (Lipinski definition) is 0. The first-order valence-electron chi connectivity index (χ1n) is 2.96. The van der Waals surface area contributed by atoms with Gasteiger partial charge in [-0.05, 0) is 0 Å². The fourth-order valence-electron chi connectivity index (χ4n) is 0.972. The van der Waals surface area contributed by atoms with Crippen LogP contribution in [0.4, 0.5) is 0 Å². The summed E-state index contributed by atoms with van der Waals surface area (Å²) in [7, 11) is -3.07. The molecule has 0 radical (unpaired) electrons. The first-order chi connectivity index (χ1) is 5.05. The summed E-state index contributed by atoms with van der Waals surface area (Å²) in [4.78, 5) is 13.1. The van der Waals surface area contributed by atoms with E-state index in [0.717, 1.165) is 0 Å². The van der Waals surface area contributed by atoms with Crippen LogP contribution in [0.1, 0.15) is 0 Å². The molecule has 2 atom stereocenters. The van der Waals surface area contributed by atoms with Crippen molar-refractivity contribution in [2.75, 3.05) is 11.5 Å². The second-order valence-electron chi connectivity index (χ2n) is 2.38. The Bertz CT molecular complexity index is 293. The van der Waals surface area contributed by atoms with E-state index in [2.05, 4.69) is 4.99 Å². The maximum atomic E-state index is 10.9. The van der Waals surface area contributed by atoms with E-state index in [1.54, 1.807) is 0 Å². The van der Waals surface area contributed by atoms with Gasteiger partial charge in [-0.1, -0.05) is 0 Å². The van der Waals surface area contributed by atoms with Gasteiger partial charge in [0.25, 0.3) is 0 Å². The van der Waals surface area contributed by atoms with Crippen molar-refractivity contribution in [3.63, 3.8) is 0 Å². The second-order valence-corrected chi connectivity index (χ2v) is 5.10. The lowest BCUT2D eigenvalue weighted by atomic mass is 10.3. The lowest BCUT2D eigenvalue weighted by Crippen LogP contribution is -2.15. The van der Waals surface area contributed by atoms with Gasteiger partial charge < -0.3 is 0 Å². The van der Waals surface area contributed by atoms with Crippen molar-refractivity contribution in [1.29, 1.82) is 0 Å². The molecule has 4 nitrogen and oxygen atoms in total. The number of aliphatic imine (C=N–C) groups is 1. The Morgan fingerprint density at radius 1 is 1.45 bits per heavy atom. The number of halogens is 1. The number of nitrogens with zero attached hydrogens (tertiary/aromatic N) is 1. The molecular weight excluding hydrogens is 190 g/mol. The summed E-state index contributed by atoms with van der Waals surface area (Å²) in [6, 6.07) is -0.598. The Balaban J connectivity index is 2.82. The fourth-order valence-corrected chi connectivity index (χ4v) is 3.47. The molecule has 1 aliphatic heterocycles. The van der Waals surface area contributed by atoms with Crippen LogP contribution < -0.4 is 0 Å². The predicted molar refractivity (Wildman–Crippen MR) is 40.2 cm³/mol. The van der Waals surface area contributed by atoms with Crippen LogP contribution in [0.5, 0.6) is 0 Å². The van der Waals surface area contributed by atoms with Crippen LogP contribution in [0.15, 0.2) is 4.99 Å². The first-order valence-corrected chi connectivity index (χ1v) is 5.22. The number of sulfone groups is 1. The first kappa shape index (κ1) is 8.71. The van der Waals surface area contributed by atoms with Crippen molar-refractivity contribution in [3.05, 3.63) is 0 Å². The summed E-state index contributed by atoms with van der Waals surface area (Å²) in [5.41, 5.74) is 0. The molecule has 0 aliphatic carbocycles. The number of hydrogen-bond acceptors (Lipinski definition) is 4. The van der Waals surface area contributed by atoms with Crippen LogP contribution in [0.3, 0.4) is 0 Å². The smallest absolute Gasteiger partial charge is 0.229 e. The van der Waals surface area contributed by atoms with Crippen molar-refractivity contribution in [2.45, 2.75) is 11.4 Å². The number of rotatable bonds is 1. The highest BCUT2D eigenvalue weighted by atomic mass is 35.5. The van der Waals surface area contributed by atoms with Gasteiger partial charge in [-0.2, -0.15) is 4.99 Å². The third kappa shape index (κ3) is 2.02. The summed E-state index contributed by atoms with van der Waals surface area (Å²) in [5, 5.41) is -0.568. The van der Waals surface area contributed by atoms with Gasteiger partial charge in [0.2, 0.25) is 6.08 Å². The molecular formula is C5H6ClNO3S. The standard InChI is InChI=1S/C5H6ClNO3S/c6-4-1-11(9,10)2-5(4)7-3-8/h4-5H,1-2H2/t4-,5+/m0/s1. The highest BCUT2D eigenvalue weighted by Crippen LogP contribution is 2.20. The fraction of sp³-hybridized carbons (Fsp3) is 0.800. The largest absolute Gasteiger partial charge is 0.235 e. The lowest BCUT2D eigenvalue weighted by Gasteiger charge is -1.99. The van der Waals surface area contributed by atoms with E-state index < -0.39 is 21.3 Å². The maximum Gasteiger partial charge on any atom is 0.235 e. The molecule has 62 valence electrons. The SMILES string of the molecule is O=C=N[C@@H]1CS(=O)(=O)C[C@@H]1Cl. The van der Waals surface area contributed by atoms with Gasteiger partial charge >= 0.3 is 0 Å². The van der Waals surface area contributed by atoms with Gasteiger partial charge in [0.05, 0.1) is 22.9 Å². The van der Waals surface area contributed by atoms with Gasteiger partial charge in [-0.15, -0.1) is 11.6 Å². The van der Waals surface area contributed by atoms with Crippen LogP contribution in [-0.4, -0.2) is 37.4 Å². The Morgan fingerprint density at radius 3 is 2.45 bits per heavy atom. The second kappa shape index (κ2) is 2.93. The van der Waals surface area contributed by atoms with Crippen molar-refractivity contribution in [3.8, 4) is 0 Å². The molecule has 0 N–H and O–H groups in total. The van der Waals surface area contributed by atoms with Crippen molar-refractivity contribution >= 4 is 27.5 Å². The van der Waals surface area contributed by atoms with Gasteiger partial charge in [0.1, 0.15) is 0 Å². The predicted octanol–water partition coefficient (Wildman–Crippen LogP) is -0.273. The molecule has 0 aromatic carbocycles. The molecule has 0 spiro atoms. The number of isocyanates is 1. The zero-order chi connectivity index (χ0) is 8.48. The topological polar surface area (TPSA) is 63.6 Å². The Kier molecular flexibility index (Phi) is 2.32. The lowest BCUT2D eigenvalue weighted by molar-refractivity contribution is 0.559. The maximum absolute atomic E-state index is 10.9. The average molecular weight is 196 g/mol. The Hall–Kier alpha value is -0.380. The van der Waals surface area contributed by atoms with E-state index in [-0.39, 0.29) is 11.5 Å². The van der Waals surface area contributed by atoms with E-state index in [1.165, 1.54) is 6.08 Å². The van der Waals surface area contributed by atoms with E-state index in [0.29, 0.717) is 0 Å². The summed E-state index contributed by atoms with van der Waals surface area (Å²) in [6.07, 6.45) is 1.30. The van der Waals surface area contributed by atoms with Gasteiger partial charge in [0.15, 0.2) is 9.84 Å². The summed E-state index contributed by atoms with van der Waals surface area (Å²) in [6.45, 7) is 0. The minimum atomic E-state index is -3.07. The minimum absolute atomic E-state index is 0.0929. The molecule has 1 fully saturated rings. The van der Waals surface area contributed by atoms with Gasteiger partial charge in [-0.3, -0.25) is 0 Å². The van der Waals surface area contributed by atoms with Crippen LogP contribution in [-0.2, 0) is 14.6 Å². The summed E-state index contributed by atoms with van der Waals surface area (Å²) >= 11 is 5.59. The average Bonchev–Trinajstić information content (AvgIpc) is 2.07. The summed E-state index contributed by atoms with van der Waals surface area (Å²) < 4.78 is 21.7. The molecule has 1 aliphatic rings. The van der Waals surface area contributed by atoms with Crippen molar-refractivity contribution in [2.24, 2.45) is 4.99 Å². The van der Waals surface area contributed by atoms with E-state index in [9.17, 15) is 13.2 Å². The van der Waals surface area contributed by atoms with Gasteiger partial charge in [-0.25, -0.2) is 13.2 Å². The zero-order valence-electron chi connectivity index (χ0n) is 5.53. The molecule has 6 heteroatoms. The van der Waals surface area contributed by atoms with E-state index >= 15 is 0 Å². The third-order valence-corrected chi connectivity index (χ3v) is 3.82. The van der Waals surface area contributed by atoms with E-state index in [1.807, 2.05) is 0 Å². The molecule has 11 heavy (non-hydrogen) atoms. The van der Waals surface area contributed by atoms with Crippen LogP contribution in [0.2, 0.25) is 0 Å². The van der Waals surface area contributed by atoms with Gasteiger partial charge in [0, 0.05) is 0 Å². The van der Waals surface area contributed by atoms with Crippen LogP contribution >= 0.6 is 11.6 Å². The highest BCUT2D eigenvalue weighted by Gasteiger charge is 2.36. The molecule has 0 unspecified atom stereocenters. The number of alkyl halides is 1. The van der Waals surface area contributed by atoms with Crippen molar-refractivity contribution < 1.29 is 13.2 Å². The molecule has 0 amide bonds. The zero-order valence-corrected chi connectivity index (χ0v) is 7.10. The molecule has 1 heterocycles. The van der Waals surface area contributed by atoms with Crippen LogP contribution in [0.25, 0.3) is 0 Å². The normalized spacial score (nSPS) is 34.6. The quantitative estimate of drug-likeness (QED) is 0.329. The van der Waals surface area contributed by atoms with Crippen molar-refractivity contribution in [1.82, 2.24) is 0 Å². The van der Waals surface area contributed by atoms with E-state index in [4.69, 9.17) is 11.6 Å². The molecule has 0 bridgehead atoms. The third-order valence-electron chi connectivity index (χ3n) is 1.47. The van der Waals surface area contributed by atoms with Crippen LogP contribution in [0, 0.1) is 0 Å². The highest BCUT2D eigenvalue weighted by molar-refractivity contribution is 7.91.